The lowest BCUT2D eigenvalue weighted by molar-refractivity contribution is -0.302. The summed E-state index contributed by atoms with van der Waals surface area (Å²) in [5.74, 6) is -1.37. The maximum absolute atomic E-state index is 9.18. The monoisotopic (exact) mass is 130 g/mol. The summed E-state index contributed by atoms with van der Waals surface area (Å²) in [5, 5.41) is 9.18. The molecular formula is C6H10O3. The van der Waals surface area contributed by atoms with Gasteiger partial charge in [0.15, 0.2) is 0 Å². The first-order valence-corrected chi connectivity index (χ1v) is 2.88. The van der Waals surface area contributed by atoms with E-state index in [2.05, 4.69) is 6.58 Å². The Kier molecular flexibility index (Phi) is 1.85. The van der Waals surface area contributed by atoms with Crippen LogP contribution in [0.1, 0.15) is 6.42 Å². The Morgan fingerprint density at radius 2 is 2.11 bits per heavy atom. The molecule has 0 atom stereocenters. The zero-order valence-electron chi connectivity index (χ0n) is 5.17. The van der Waals surface area contributed by atoms with Gasteiger partial charge >= 0.3 is 0 Å². The Balaban J connectivity index is 2.40. The smallest absolute Gasteiger partial charge is 0.284 e. The first-order chi connectivity index (χ1) is 4.27. The summed E-state index contributed by atoms with van der Waals surface area (Å²) in [6.45, 7) is 4.37. The molecular weight excluding hydrogens is 120 g/mol. The molecule has 1 aliphatic heterocycles. The summed E-state index contributed by atoms with van der Waals surface area (Å²) < 4.78 is 9.69. The molecule has 1 fully saturated rings. The fraction of sp³-hybridized carbons (Fsp3) is 0.667. The van der Waals surface area contributed by atoms with E-state index in [0.717, 1.165) is 0 Å². The first kappa shape index (κ1) is 6.74. The molecule has 1 saturated heterocycles. The number of hydrogen-bond acceptors (Lipinski definition) is 3. The van der Waals surface area contributed by atoms with Crippen LogP contribution in [0.15, 0.2) is 12.7 Å². The summed E-state index contributed by atoms with van der Waals surface area (Å²) in [6.07, 6.45) is 1.89. The average Bonchev–Trinajstić information content (AvgIpc) is 2.16. The lowest BCUT2D eigenvalue weighted by Crippen LogP contribution is -2.28. The zero-order valence-corrected chi connectivity index (χ0v) is 5.17. The van der Waals surface area contributed by atoms with Gasteiger partial charge in [0.05, 0.1) is 13.2 Å². The van der Waals surface area contributed by atoms with E-state index in [1.54, 1.807) is 6.08 Å². The second-order valence-corrected chi connectivity index (χ2v) is 1.90. The Morgan fingerprint density at radius 1 is 1.56 bits per heavy atom. The van der Waals surface area contributed by atoms with E-state index in [4.69, 9.17) is 9.47 Å². The fourth-order valence-corrected chi connectivity index (χ4v) is 0.744. The lowest BCUT2D eigenvalue weighted by atomic mass is 10.4. The van der Waals surface area contributed by atoms with Crippen LogP contribution in [0.4, 0.5) is 0 Å². The van der Waals surface area contributed by atoms with Crippen molar-refractivity contribution in [1.29, 1.82) is 0 Å². The van der Waals surface area contributed by atoms with Crippen LogP contribution in [0, 0.1) is 0 Å². The van der Waals surface area contributed by atoms with Gasteiger partial charge in [0, 0.05) is 6.42 Å². The first-order valence-electron chi connectivity index (χ1n) is 2.88. The lowest BCUT2D eigenvalue weighted by Gasteiger charge is -2.17. The largest absolute Gasteiger partial charge is 0.343 e. The van der Waals surface area contributed by atoms with Gasteiger partial charge in [0.25, 0.3) is 5.97 Å². The molecule has 0 aromatic rings. The minimum atomic E-state index is -1.37. The molecule has 0 aromatic heterocycles. The van der Waals surface area contributed by atoms with Crippen LogP contribution >= 0.6 is 0 Å². The van der Waals surface area contributed by atoms with E-state index in [0.29, 0.717) is 19.6 Å². The Labute approximate surface area is 53.9 Å². The van der Waals surface area contributed by atoms with Crippen molar-refractivity contribution >= 4 is 0 Å². The number of rotatable bonds is 2. The maximum Gasteiger partial charge on any atom is 0.284 e. The predicted octanol–water partition coefficient (Wildman–Crippen LogP) is 0.255. The molecule has 0 unspecified atom stereocenters. The molecule has 0 saturated carbocycles. The van der Waals surface area contributed by atoms with Gasteiger partial charge in [0.1, 0.15) is 0 Å². The minimum absolute atomic E-state index is 0.326. The third kappa shape index (κ3) is 1.51. The molecule has 0 aromatic carbocycles. The highest BCUT2D eigenvalue weighted by molar-refractivity contribution is 4.74. The average molecular weight is 130 g/mol. The van der Waals surface area contributed by atoms with Crippen LogP contribution in [0.5, 0.6) is 0 Å². The molecule has 1 aliphatic rings. The Bertz CT molecular complexity index is 105. The summed E-state index contributed by atoms with van der Waals surface area (Å²) in [4.78, 5) is 0. The van der Waals surface area contributed by atoms with Crippen LogP contribution in [-0.4, -0.2) is 24.3 Å². The minimum Gasteiger partial charge on any atom is -0.343 e. The second kappa shape index (κ2) is 2.47. The Hall–Kier alpha value is -0.380. The molecule has 9 heavy (non-hydrogen) atoms. The van der Waals surface area contributed by atoms with Crippen molar-refractivity contribution < 1.29 is 14.6 Å². The highest BCUT2D eigenvalue weighted by Gasteiger charge is 2.31. The summed E-state index contributed by atoms with van der Waals surface area (Å²) >= 11 is 0. The quantitative estimate of drug-likeness (QED) is 0.545. The normalized spacial score (nSPS) is 24.1. The molecule has 1 rings (SSSR count). The molecule has 0 spiro atoms. The van der Waals surface area contributed by atoms with E-state index >= 15 is 0 Å². The highest BCUT2D eigenvalue weighted by atomic mass is 16.8. The third-order valence-electron chi connectivity index (χ3n) is 1.14. The molecule has 3 nitrogen and oxygen atoms in total. The van der Waals surface area contributed by atoms with Crippen molar-refractivity contribution in [3.63, 3.8) is 0 Å². The summed E-state index contributed by atoms with van der Waals surface area (Å²) in [6, 6.07) is 0. The number of aliphatic hydroxyl groups is 1. The van der Waals surface area contributed by atoms with Crippen LogP contribution in [0.3, 0.4) is 0 Å². The van der Waals surface area contributed by atoms with Gasteiger partial charge in [-0.15, -0.1) is 6.58 Å². The standard InChI is InChI=1S/C6H10O3/c1-2-3-6(7)8-4-5-9-6/h2,7H,1,3-5H2. The second-order valence-electron chi connectivity index (χ2n) is 1.90. The van der Waals surface area contributed by atoms with E-state index in [-0.39, 0.29) is 0 Å². The van der Waals surface area contributed by atoms with Gasteiger partial charge in [-0.25, -0.2) is 0 Å². The predicted molar refractivity (Wildman–Crippen MR) is 31.7 cm³/mol. The van der Waals surface area contributed by atoms with Crippen LogP contribution in [0.2, 0.25) is 0 Å². The van der Waals surface area contributed by atoms with Crippen LogP contribution in [0.25, 0.3) is 0 Å². The molecule has 0 bridgehead atoms. The van der Waals surface area contributed by atoms with Crippen molar-refractivity contribution in [2.45, 2.75) is 12.4 Å². The van der Waals surface area contributed by atoms with Crippen molar-refractivity contribution in [3.05, 3.63) is 12.7 Å². The van der Waals surface area contributed by atoms with Crippen molar-refractivity contribution in [2.75, 3.05) is 13.2 Å². The fourth-order valence-electron chi connectivity index (χ4n) is 0.744. The number of ether oxygens (including phenoxy) is 2. The zero-order chi connectivity index (χ0) is 6.74. The molecule has 0 amide bonds. The van der Waals surface area contributed by atoms with Crippen molar-refractivity contribution in [2.24, 2.45) is 0 Å². The molecule has 0 aliphatic carbocycles. The third-order valence-corrected chi connectivity index (χ3v) is 1.14. The Morgan fingerprint density at radius 3 is 2.56 bits per heavy atom. The van der Waals surface area contributed by atoms with Crippen LogP contribution in [-0.2, 0) is 9.47 Å². The van der Waals surface area contributed by atoms with Gasteiger partial charge in [-0.1, -0.05) is 6.08 Å². The van der Waals surface area contributed by atoms with Crippen molar-refractivity contribution in [3.8, 4) is 0 Å². The van der Waals surface area contributed by atoms with E-state index < -0.39 is 5.97 Å². The molecule has 0 radical (unpaired) electrons. The molecule has 3 heteroatoms. The van der Waals surface area contributed by atoms with Gasteiger partial charge in [-0.2, -0.15) is 0 Å². The topological polar surface area (TPSA) is 38.7 Å². The van der Waals surface area contributed by atoms with Gasteiger partial charge < -0.3 is 14.6 Å². The van der Waals surface area contributed by atoms with Crippen molar-refractivity contribution in [1.82, 2.24) is 0 Å². The van der Waals surface area contributed by atoms with Gasteiger partial charge in [-0.05, 0) is 0 Å². The summed E-state index contributed by atoms with van der Waals surface area (Å²) in [5.41, 5.74) is 0. The van der Waals surface area contributed by atoms with Crippen LogP contribution < -0.4 is 0 Å². The van der Waals surface area contributed by atoms with Gasteiger partial charge in [0.2, 0.25) is 0 Å². The van der Waals surface area contributed by atoms with E-state index in [1.165, 1.54) is 0 Å². The van der Waals surface area contributed by atoms with Gasteiger partial charge in [-0.3, -0.25) is 0 Å². The molecule has 1 heterocycles. The maximum atomic E-state index is 9.18. The molecule has 52 valence electrons. The van der Waals surface area contributed by atoms with E-state index in [1.807, 2.05) is 0 Å². The number of hydrogen-bond donors (Lipinski definition) is 1. The molecule has 1 N–H and O–H groups in total. The SMILES string of the molecule is C=CCC1(O)OCCO1. The van der Waals surface area contributed by atoms with E-state index in [9.17, 15) is 5.11 Å². The highest BCUT2D eigenvalue weighted by Crippen LogP contribution is 2.19. The summed E-state index contributed by atoms with van der Waals surface area (Å²) in [7, 11) is 0.